The van der Waals surface area contributed by atoms with Crippen molar-refractivity contribution in [2.45, 2.75) is 13.8 Å². The standard InChI is InChI=1S/C14H14/c1-11-8-9-12(2)14(11)10-13-6-4-3-5-7-13/h3-10H,1-2H3. The predicted molar refractivity (Wildman–Crippen MR) is 61.9 cm³/mol. The second kappa shape index (κ2) is 3.67. The van der Waals surface area contributed by atoms with E-state index in [1.54, 1.807) is 0 Å². The molecule has 0 amide bonds. The zero-order valence-corrected chi connectivity index (χ0v) is 8.62. The maximum Gasteiger partial charge on any atom is -0.0192 e. The summed E-state index contributed by atoms with van der Waals surface area (Å²) in [4.78, 5) is 0. The lowest BCUT2D eigenvalue weighted by atomic mass is 10.0. The fourth-order valence-corrected chi connectivity index (χ4v) is 1.68. The quantitative estimate of drug-likeness (QED) is 0.616. The monoisotopic (exact) mass is 182 g/mol. The van der Waals surface area contributed by atoms with Gasteiger partial charge < -0.3 is 0 Å². The van der Waals surface area contributed by atoms with E-state index in [0.29, 0.717) is 0 Å². The highest BCUT2D eigenvalue weighted by atomic mass is 14.1. The Hall–Kier alpha value is -1.56. The van der Waals surface area contributed by atoms with Gasteiger partial charge in [0.05, 0.1) is 0 Å². The van der Waals surface area contributed by atoms with E-state index in [9.17, 15) is 0 Å². The average molecular weight is 182 g/mol. The molecule has 0 N–H and O–H groups in total. The Morgan fingerprint density at radius 3 is 2.00 bits per heavy atom. The van der Waals surface area contributed by atoms with E-state index >= 15 is 0 Å². The van der Waals surface area contributed by atoms with Crippen molar-refractivity contribution in [3.8, 4) is 0 Å². The lowest BCUT2D eigenvalue weighted by Crippen LogP contribution is -1.82. The van der Waals surface area contributed by atoms with E-state index in [2.05, 4.69) is 56.3 Å². The van der Waals surface area contributed by atoms with Crippen LogP contribution in [0.15, 0.2) is 59.2 Å². The van der Waals surface area contributed by atoms with Crippen molar-refractivity contribution < 1.29 is 0 Å². The van der Waals surface area contributed by atoms with Crippen molar-refractivity contribution in [3.63, 3.8) is 0 Å². The Balaban J connectivity index is 2.37. The van der Waals surface area contributed by atoms with Crippen LogP contribution < -0.4 is 0 Å². The first kappa shape index (κ1) is 9.01. The van der Waals surface area contributed by atoms with Gasteiger partial charge in [0.2, 0.25) is 0 Å². The van der Waals surface area contributed by atoms with Gasteiger partial charge in [-0.25, -0.2) is 0 Å². The summed E-state index contributed by atoms with van der Waals surface area (Å²) >= 11 is 0. The van der Waals surface area contributed by atoms with Gasteiger partial charge >= 0.3 is 0 Å². The molecule has 0 saturated heterocycles. The number of benzene rings is 1. The van der Waals surface area contributed by atoms with Crippen LogP contribution in [0.4, 0.5) is 0 Å². The maximum absolute atomic E-state index is 2.24. The van der Waals surface area contributed by atoms with Crippen LogP contribution in [0.5, 0.6) is 0 Å². The molecule has 1 aliphatic carbocycles. The molecule has 0 atom stereocenters. The van der Waals surface area contributed by atoms with Gasteiger partial charge in [-0.1, -0.05) is 42.5 Å². The SMILES string of the molecule is CC1=CC=C(C)C1=Cc1ccccc1. The lowest BCUT2D eigenvalue weighted by molar-refractivity contribution is 1.39. The van der Waals surface area contributed by atoms with E-state index in [-0.39, 0.29) is 0 Å². The van der Waals surface area contributed by atoms with E-state index < -0.39 is 0 Å². The molecule has 0 aromatic heterocycles. The largest absolute Gasteiger partial charge is 0.0622 e. The molecule has 0 saturated carbocycles. The van der Waals surface area contributed by atoms with Gasteiger partial charge in [0, 0.05) is 0 Å². The van der Waals surface area contributed by atoms with Crippen LogP contribution in [0.3, 0.4) is 0 Å². The predicted octanol–water partition coefficient (Wildman–Crippen LogP) is 3.98. The van der Waals surface area contributed by atoms with Crippen molar-refractivity contribution in [3.05, 3.63) is 64.8 Å². The molecule has 0 radical (unpaired) electrons. The highest BCUT2D eigenvalue weighted by Crippen LogP contribution is 2.27. The van der Waals surface area contributed by atoms with Gasteiger partial charge in [0.15, 0.2) is 0 Å². The normalized spacial score (nSPS) is 15.1. The van der Waals surface area contributed by atoms with Crippen LogP contribution in [0.2, 0.25) is 0 Å². The third-order valence-corrected chi connectivity index (χ3v) is 2.54. The molecule has 0 heteroatoms. The number of hydrogen-bond donors (Lipinski definition) is 0. The highest BCUT2D eigenvalue weighted by molar-refractivity contribution is 5.67. The summed E-state index contributed by atoms with van der Waals surface area (Å²) in [7, 11) is 0. The van der Waals surface area contributed by atoms with Gasteiger partial charge in [0.1, 0.15) is 0 Å². The first-order chi connectivity index (χ1) is 6.77. The summed E-state index contributed by atoms with van der Waals surface area (Å²) in [6.07, 6.45) is 6.58. The first-order valence-corrected chi connectivity index (χ1v) is 4.90. The van der Waals surface area contributed by atoms with Crippen LogP contribution in [0, 0.1) is 0 Å². The summed E-state index contributed by atoms with van der Waals surface area (Å²) in [6, 6.07) is 10.4. The summed E-state index contributed by atoms with van der Waals surface area (Å²) in [5, 5.41) is 0. The smallest absolute Gasteiger partial charge is 0.0192 e. The van der Waals surface area contributed by atoms with Crippen molar-refractivity contribution in [1.82, 2.24) is 0 Å². The van der Waals surface area contributed by atoms with E-state index in [1.165, 1.54) is 22.3 Å². The molecule has 0 bridgehead atoms. The first-order valence-electron chi connectivity index (χ1n) is 4.90. The zero-order valence-electron chi connectivity index (χ0n) is 8.62. The molecule has 1 aliphatic rings. The Kier molecular flexibility index (Phi) is 2.36. The fourth-order valence-electron chi connectivity index (χ4n) is 1.68. The van der Waals surface area contributed by atoms with E-state index in [4.69, 9.17) is 0 Å². The summed E-state index contributed by atoms with van der Waals surface area (Å²) < 4.78 is 0. The van der Waals surface area contributed by atoms with Gasteiger partial charge in [0.25, 0.3) is 0 Å². The topological polar surface area (TPSA) is 0 Å². The number of allylic oxidation sites excluding steroid dienone is 5. The highest BCUT2D eigenvalue weighted by Gasteiger charge is 2.06. The molecular weight excluding hydrogens is 168 g/mol. The molecule has 2 rings (SSSR count). The third kappa shape index (κ3) is 1.69. The average Bonchev–Trinajstić information content (AvgIpc) is 2.51. The Labute approximate surface area is 85.3 Å². The molecule has 70 valence electrons. The Morgan fingerprint density at radius 1 is 0.857 bits per heavy atom. The number of hydrogen-bond acceptors (Lipinski definition) is 0. The summed E-state index contributed by atoms with van der Waals surface area (Å²) in [5.41, 5.74) is 5.33. The van der Waals surface area contributed by atoms with Crippen LogP contribution in [0.1, 0.15) is 19.4 Å². The molecule has 1 aromatic rings. The van der Waals surface area contributed by atoms with Crippen molar-refractivity contribution in [2.75, 3.05) is 0 Å². The molecule has 14 heavy (non-hydrogen) atoms. The summed E-state index contributed by atoms with van der Waals surface area (Å²) in [5.74, 6) is 0. The lowest BCUT2D eigenvalue weighted by Gasteiger charge is -2.02. The van der Waals surface area contributed by atoms with Gasteiger partial charge in [-0.05, 0) is 42.2 Å². The van der Waals surface area contributed by atoms with Crippen molar-refractivity contribution in [2.24, 2.45) is 0 Å². The van der Waals surface area contributed by atoms with Gasteiger partial charge in [-0.3, -0.25) is 0 Å². The van der Waals surface area contributed by atoms with Crippen molar-refractivity contribution >= 4 is 6.08 Å². The van der Waals surface area contributed by atoms with Crippen molar-refractivity contribution in [1.29, 1.82) is 0 Å². The maximum atomic E-state index is 2.24. The number of rotatable bonds is 1. The minimum absolute atomic E-state index is 1.27. The molecule has 1 aromatic carbocycles. The van der Waals surface area contributed by atoms with Crippen LogP contribution in [0.25, 0.3) is 6.08 Å². The fraction of sp³-hybridized carbons (Fsp3) is 0.143. The molecule has 0 nitrogen and oxygen atoms in total. The minimum Gasteiger partial charge on any atom is -0.0622 e. The van der Waals surface area contributed by atoms with Crippen LogP contribution in [-0.4, -0.2) is 0 Å². The molecule has 0 spiro atoms. The third-order valence-electron chi connectivity index (χ3n) is 2.54. The van der Waals surface area contributed by atoms with E-state index in [1.807, 2.05) is 6.07 Å². The minimum atomic E-state index is 1.27. The molecule has 0 heterocycles. The Bertz CT molecular complexity index is 397. The van der Waals surface area contributed by atoms with Gasteiger partial charge in [-0.15, -0.1) is 0 Å². The molecule has 0 aliphatic heterocycles. The summed E-state index contributed by atoms with van der Waals surface area (Å²) in [6.45, 7) is 4.31. The van der Waals surface area contributed by atoms with Crippen LogP contribution >= 0.6 is 0 Å². The van der Waals surface area contributed by atoms with Crippen LogP contribution in [-0.2, 0) is 0 Å². The van der Waals surface area contributed by atoms with Gasteiger partial charge in [-0.2, -0.15) is 0 Å². The second-order valence-corrected chi connectivity index (χ2v) is 3.67. The van der Waals surface area contributed by atoms with E-state index in [0.717, 1.165) is 0 Å². The molecule has 0 fully saturated rings. The molecule has 0 unspecified atom stereocenters. The zero-order chi connectivity index (χ0) is 9.97. The second-order valence-electron chi connectivity index (χ2n) is 3.67. The molecular formula is C14H14. The Morgan fingerprint density at radius 2 is 1.43 bits per heavy atom.